The van der Waals surface area contributed by atoms with Gasteiger partial charge in [0.25, 0.3) is 5.91 Å². The zero-order valence-electron chi connectivity index (χ0n) is 27.1. The van der Waals surface area contributed by atoms with Crippen molar-refractivity contribution in [1.82, 2.24) is 29.9 Å². The van der Waals surface area contributed by atoms with E-state index in [0.717, 1.165) is 41.8 Å². The number of aliphatic hydroxyl groups excluding tert-OH is 1. The summed E-state index contributed by atoms with van der Waals surface area (Å²) < 4.78 is 62.6. The average Bonchev–Trinajstić information content (AvgIpc) is 3.98. The lowest BCUT2D eigenvalue weighted by Crippen LogP contribution is -2.50. The Bertz CT molecular complexity index is 1580. The van der Waals surface area contributed by atoms with Crippen LogP contribution < -0.4 is 10.6 Å². The van der Waals surface area contributed by atoms with Gasteiger partial charge in [-0.3, -0.25) is 14.3 Å². The number of anilines is 1. The maximum atomic E-state index is 15.6. The van der Waals surface area contributed by atoms with Crippen molar-refractivity contribution in [2.75, 3.05) is 23.9 Å². The van der Waals surface area contributed by atoms with E-state index in [1.54, 1.807) is 29.4 Å². The number of halogens is 4. The number of alkyl halides is 3. The maximum Gasteiger partial charge on any atom is 0.414 e. The molecule has 2 fully saturated rings. The van der Waals surface area contributed by atoms with Crippen molar-refractivity contribution in [1.29, 1.82) is 0 Å². The Labute approximate surface area is 280 Å². The normalized spacial score (nSPS) is 16.3. The number of carbonyl (C=O) groups excluding carboxylic acids is 2. The van der Waals surface area contributed by atoms with Gasteiger partial charge in [-0.1, -0.05) is 6.92 Å². The van der Waals surface area contributed by atoms with Crippen molar-refractivity contribution < 1.29 is 37.0 Å². The highest BCUT2D eigenvalue weighted by molar-refractivity contribution is 7.98. The summed E-state index contributed by atoms with van der Waals surface area (Å²) in [5, 5.41) is 23.4. The number of nitrogens with zero attached hydrogens (tertiary/aromatic N) is 5. The van der Waals surface area contributed by atoms with Crippen LogP contribution in [0.15, 0.2) is 24.4 Å². The Kier molecular flexibility index (Phi) is 11.5. The Hall–Kier alpha value is -3.50. The topological polar surface area (TPSA) is 136 Å². The van der Waals surface area contributed by atoms with Gasteiger partial charge >= 0.3 is 6.18 Å². The summed E-state index contributed by atoms with van der Waals surface area (Å²) in [4.78, 5) is 31.3. The highest BCUT2D eigenvalue weighted by atomic mass is 32.2. The number of pyridine rings is 1. The molecule has 2 saturated carbocycles. The minimum Gasteiger partial charge on any atom is -0.384 e. The molecule has 3 N–H and O–H groups in total. The Balaban J connectivity index is 1.33. The summed E-state index contributed by atoms with van der Waals surface area (Å²) in [6.45, 7) is 4.17. The predicted molar refractivity (Wildman–Crippen MR) is 172 cm³/mol. The fourth-order valence-corrected chi connectivity index (χ4v) is 6.47. The van der Waals surface area contributed by atoms with E-state index in [1.807, 2.05) is 13.2 Å². The van der Waals surface area contributed by atoms with Gasteiger partial charge in [0.05, 0.1) is 12.3 Å². The van der Waals surface area contributed by atoms with Crippen molar-refractivity contribution in [3.8, 4) is 11.1 Å². The molecule has 48 heavy (non-hydrogen) atoms. The highest BCUT2D eigenvalue weighted by Gasteiger charge is 2.48. The molecular weight excluding hydrogens is 654 g/mol. The van der Waals surface area contributed by atoms with Crippen molar-refractivity contribution >= 4 is 29.4 Å². The van der Waals surface area contributed by atoms with Gasteiger partial charge < -0.3 is 20.5 Å². The fraction of sp³-hybridized carbons (Fsp3) is 0.594. The Morgan fingerprint density at radius 2 is 1.85 bits per heavy atom. The molecular formula is C32H41F4N7O4S. The molecule has 2 atom stereocenters. The number of amides is 2. The predicted octanol–water partition coefficient (Wildman–Crippen LogP) is 4.98. The molecule has 2 aliphatic rings. The number of carbonyl (C=O) groups is 2. The molecule has 0 spiro atoms. The van der Waals surface area contributed by atoms with Crippen LogP contribution in [-0.4, -0.2) is 78.4 Å². The summed E-state index contributed by atoms with van der Waals surface area (Å²) >= 11 is 1.67. The quantitative estimate of drug-likeness (QED) is 0.102. The fourth-order valence-electron chi connectivity index (χ4n) is 6.19. The van der Waals surface area contributed by atoms with Crippen LogP contribution in [0, 0.1) is 30.6 Å². The van der Waals surface area contributed by atoms with Crippen LogP contribution in [0.25, 0.3) is 11.1 Å². The third kappa shape index (κ3) is 8.55. The van der Waals surface area contributed by atoms with Gasteiger partial charge in [0.1, 0.15) is 24.3 Å². The first kappa shape index (κ1) is 35.8. The second-order valence-electron chi connectivity index (χ2n) is 12.3. The lowest BCUT2D eigenvalue weighted by atomic mass is 9.88. The van der Waals surface area contributed by atoms with Crippen molar-refractivity contribution in [3.05, 3.63) is 47.4 Å². The molecule has 3 aromatic rings. The van der Waals surface area contributed by atoms with Crippen LogP contribution in [0.2, 0.25) is 0 Å². The lowest BCUT2D eigenvalue weighted by Gasteiger charge is -2.27. The number of aromatic nitrogens is 5. The second-order valence-corrected chi connectivity index (χ2v) is 13.3. The average molecular weight is 696 g/mol. The van der Waals surface area contributed by atoms with E-state index in [-0.39, 0.29) is 48.1 Å². The lowest BCUT2D eigenvalue weighted by molar-refractivity contribution is -0.206. The Morgan fingerprint density at radius 3 is 2.46 bits per heavy atom. The first-order chi connectivity index (χ1) is 22.9. The number of thioether (sulfide) groups is 1. The van der Waals surface area contributed by atoms with Crippen LogP contribution in [0.5, 0.6) is 0 Å². The molecule has 2 aliphatic carbocycles. The smallest absolute Gasteiger partial charge is 0.384 e. The molecule has 5 rings (SSSR count). The molecule has 0 bridgehead atoms. The summed E-state index contributed by atoms with van der Waals surface area (Å²) in [7, 11) is 0. The number of aliphatic hydroxyl groups is 1. The van der Waals surface area contributed by atoms with E-state index >= 15 is 4.39 Å². The molecule has 0 aliphatic heterocycles. The molecule has 0 aromatic carbocycles. The highest BCUT2D eigenvalue weighted by Crippen LogP contribution is 2.51. The zero-order valence-corrected chi connectivity index (χ0v) is 27.9. The standard InChI is InChI=1S/C32H41F4N7O4S/c1-4-22-26(18(2)41-43(22)17-47-15-16-48-3)21-9-10-25(38-29(21)33)39-31(46)28(27(19-5-6-19)20-7-8-20)40-30(45)23-11-13-37-42(23)14-12-24(44)32(34,35)36/h9-11,13,19-20,24,27-28,44H,4-8,12,14-17H2,1-3H3,(H,40,45)(H,38,39,46)/t24?,28-/m0/s1. The first-order valence-electron chi connectivity index (χ1n) is 16.1. The molecule has 3 aromatic heterocycles. The van der Waals surface area contributed by atoms with Crippen LogP contribution in [0.1, 0.15) is 60.9 Å². The van der Waals surface area contributed by atoms with Gasteiger partial charge in [-0.05, 0) is 81.2 Å². The first-order valence-corrected chi connectivity index (χ1v) is 17.5. The van der Waals surface area contributed by atoms with Crippen LogP contribution in [0.4, 0.5) is 23.4 Å². The SMILES string of the molecule is CCc1c(-c2ccc(NC(=O)[C@@H](NC(=O)c3ccnn3CCC(O)C(F)(F)F)C(C3CC3)C3CC3)nc2F)c(C)nn1COCCSC. The van der Waals surface area contributed by atoms with Crippen molar-refractivity contribution in [3.63, 3.8) is 0 Å². The molecule has 11 nitrogen and oxygen atoms in total. The van der Waals surface area contributed by atoms with Crippen LogP contribution in [-0.2, 0) is 29.2 Å². The minimum absolute atomic E-state index is 0.0273. The Morgan fingerprint density at radius 1 is 1.15 bits per heavy atom. The van der Waals surface area contributed by atoms with Gasteiger partial charge in [-0.25, -0.2) is 9.67 Å². The molecule has 1 unspecified atom stereocenters. The number of aryl methyl sites for hydroxylation is 2. The molecule has 2 amide bonds. The van der Waals surface area contributed by atoms with Crippen molar-refractivity contribution in [2.45, 2.75) is 84.0 Å². The van der Waals surface area contributed by atoms with E-state index in [1.165, 1.54) is 18.3 Å². The largest absolute Gasteiger partial charge is 0.414 e. The van der Waals surface area contributed by atoms with E-state index in [4.69, 9.17) is 4.74 Å². The summed E-state index contributed by atoms with van der Waals surface area (Å²) in [6, 6.07) is 3.39. The second kappa shape index (κ2) is 15.4. The van der Waals surface area contributed by atoms with Gasteiger partial charge in [0, 0.05) is 41.7 Å². The van der Waals surface area contributed by atoms with Gasteiger partial charge in [0.15, 0.2) is 6.10 Å². The number of ether oxygens (including phenoxy) is 1. The van der Waals surface area contributed by atoms with Gasteiger partial charge in [0.2, 0.25) is 11.9 Å². The van der Waals surface area contributed by atoms with Gasteiger partial charge in [-0.15, -0.1) is 0 Å². The minimum atomic E-state index is -4.80. The summed E-state index contributed by atoms with van der Waals surface area (Å²) in [5.74, 6) is -0.944. The van der Waals surface area contributed by atoms with Crippen LogP contribution >= 0.6 is 11.8 Å². The van der Waals surface area contributed by atoms with Crippen LogP contribution in [0.3, 0.4) is 0 Å². The molecule has 262 valence electrons. The third-order valence-corrected chi connectivity index (χ3v) is 9.39. The number of hydrogen-bond acceptors (Lipinski definition) is 8. The zero-order chi connectivity index (χ0) is 34.6. The number of nitrogens with one attached hydrogen (secondary N) is 2. The van der Waals surface area contributed by atoms with E-state index in [9.17, 15) is 27.9 Å². The third-order valence-electron chi connectivity index (χ3n) is 8.81. The van der Waals surface area contributed by atoms with E-state index in [0.29, 0.717) is 24.3 Å². The van der Waals surface area contributed by atoms with Gasteiger partial charge in [-0.2, -0.15) is 39.5 Å². The molecule has 3 heterocycles. The molecule has 16 heteroatoms. The monoisotopic (exact) mass is 695 g/mol. The summed E-state index contributed by atoms with van der Waals surface area (Å²) in [6.07, 6.45) is -0.589. The number of hydrogen-bond donors (Lipinski definition) is 3. The molecule has 0 saturated heterocycles. The number of rotatable bonds is 17. The summed E-state index contributed by atoms with van der Waals surface area (Å²) in [5.41, 5.74) is 2.21. The van der Waals surface area contributed by atoms with Crippen molar-refractivity contribution in [2.24, 2.45) is 17.8 Å². The maximum absolute atomic E-state index is 15.6. The van der Waals surface area contributed by atoms with E-state index < -0.39 is 42.5 Å². The molecule has 0 radical (unpaired) electrons. The van der Waals surface area contributed by atoms with E-state index in [2.05, 4.69) is 25.8 Å².